The maximum Gasteiger partial charge on any atom is 0.255 e. The molecule has 2 aliphatic heterocycles. The number of hydrogen-bond donors (Lipinski definition) is 1. The number of anilines is 2. The first kappa shape index (κ1) is 27.4. The van der Waals surface area contributed by atoms with Crippen molar-refractivity contribution in [3.05, 3.63) is 78.1 Å². The van der Waals surface area contributed by atoms with Crippen molar-refractivity contribution in [3.63, 3.8) is 0 Å². The van der Waals surface area contributed by atoms with Gasteiger partial charge in [0.25, 0.3) is 5.91 Å². The summed E-state index contributed by atoms with van der Waals surface area (Å²) >= 11 is 0. The molecule has 11 nitrogen and oxygen atoms in total. The highest BCUT2D eigenvalue weighted by Gasteiger charge is 2.22. The number of hydrogen-bond acceptors (Lipinski definition) is 8. The zero-order valence-electron chi connectivity index (χ0n) is 23.3. The van der Waals surface area contributed by atoms with E-state index in [2.05, 4.69) is 31.2 Å². The number of pyridine rings is 1. The van der Waals surface area contributed by atoms with Gasteiger partial charge in [-0.25, -0.2) is 9.97 Å². The van der Waals surface area contributed by atoms with Crippen molar-refractivity contribution >= 4 is 29.0 Å². The molecule has 1 aromatic carbocycles. The first-order chi connectivity index (χ1) is 19.4. The Bertz CT molecular complexity index is 1360. The van der Waals surface area contributed by atoms with Crippen molar-refractivity contribution in [2.24, 2.45) is 0 Å². The maximum atomic E-state index is 12.8. The third-order valence-electron chi connectivity index (χ3n) is 7.02. The zero-order valence-corrected chi connectivity index (χ0v) is 23.3. The van der Waals surface area contributed by atoms with Gasteiger partial charge in [-0.05, 0) is 43.9 Å². The van der Waals surface area contributed by atoms with Crippen LogP contribution in [0.2, 0.25) is 0 Å². The van der Waals surface area contributed by atoms with Gasteiger partial charge in [0.15, 0.2) is 5.82 Å². The quantitative estimate of drug-likeness (QED) is 0.438. The van der Waals surface area contributed by atoms with E-state index in [1.54, 1.807) is 34.3 Å². The first-order valence-corrected chi connectivity index (χ1v) is 13.4. The van der Waals surface area contributed by atoms with Crippen molar-refractivity contribution in [1.82, 2.24) is 29.2 Å². The van der Waals surface area contributed by atoms with Crippen LogP contribution in [-0.2, 0) is 22.6 Å². The maximum absolute atomic E-state index is 12.8. The van der Waals surface area contributed by atoms with Gasteiger partial charge in [-0.2, -0.15) is 0 Å². The summed E-state index contributed by atoms with van der Waals surface area (Å²) in [6.45, 7) is 4.40. The van der Waals surface area contributed by atoms with E-state index in [0.29, 0.717) is 57.3 Å². The van der Waals surface area contributed by atoms with E-state index in [4.69, 9.17) is 4.74 Å². The van der Waals surface area contributed by atoms with E-state index in [1.165, 1.54) is 0 Å². The highest BCUT2D eigenvalue weighted by Crippen LogP contribution is 2.27. The topological polar surface area (TPSA) is 99.1 Å². The summed E-state index contributed by atoms with van der Waals surface area (Å²) in [5.74, 6) is 1.46. The summed E-state index contributed by atoms with van der Waals surface area (Å²) in [6, 6.07) is 11.6. The average molecular weight is 545 g/mol. The number of carbonyl (C=O) groups is 2. The van der Waals surface area contributed by atoms with Gasteiger partial charge >= 0.3 is 0 Å². The predicted octanol–water partition coefficient (Wildman–Crippen LogP) is 2.20. The van der Waals surface area contributed by atoms with Gasteiger partial charge in [0.05, 0.1) is 30.9 Å². The van der Waals surface area contributed by atoms with Gasteiger partial charge in [-0.15, -0.1) is 0 Å². The number of carbonyl (C=O) groups excluding carboxylic acids is 2. The number of nitrogens with one attached hydrogen (secondary N) is 1. The Labute approximate surface area is 234 Å². The molecule has 0 aliphatic carbocycles. The fourth-order valence-corrected chi connectivity index (χ4v) is 4.64. The standard InChI is InChI=1S/C29H36N8O3/c1-33(2)11-12-34(3)27(38)18-22-5-4-6-24(17-22)37-20-25(28-30-9-10-36(28)21-37)32-26-8-7-23(19-31-26)29(39)35-13-15-40-16-14-35/h4-10,17,19-20H,11-16,18,21H2,1-3H3,(H,31,32). The van der Waals surface area contributed by atoms with Crippen molar-refractivity contribution < 1.29 is 14.3 Å². The Kier molecular flexibility index (Phi) is 8.42. The fraction of sp³-hybridized carbons (Fsp3) is 0.379. The molecule has 3 aromatic rings. The minimum Gasteiger partial charge on any atom is -0.378 e. The van der Waals surface area contributed by atoms with Gasteiger partial charge in [0, 0.05) is 63.7 Å². The van der Waals surface area contributed by atoms with Crippen LogP contribution in [0.15, 0.2) is 61.2 Å². The number of likely N-dealkylation sites (N-methyl/N-ethyl adjacent to an activating group) is 2. The van der Waals surface area contributed by atoms with Gasteiger partial charge in [-0.1, -0.05) is 12.1 Å². The third-order valence-corrected chi connectivity index (χ3v) is 7.02. The van der Waals surface area contributed by atoms with Crippen LogP contribution in [0.3, 0.4) is 0 Å². The minimum absolute atomic E-state index is 0.0387. The van der Waals surface area contributed by atoms with Gasteiger partial charge in [0.1, 0.15) is 12.5 Å². The summed E-state index contributed by atoms with van der Waals surface area (Å²) < 4.78 is 7.39. The number of fused-ring (bicyclic) bond motifs is 1. The molecule has 5 rings (SSSR count). The normalized spacial score (nSPS) is 15.1. The van der Waals surface area contributed by atoms with E-state index < -0.39 is 0 Å². The van der Waals surface area contributed by atoms with Crippen LogP contribution >= 0.6 is 0 Å². The summed E-state index contributed by atoms with van der Waals surface area (Å²) in [6.07, 6.45) is 7.65. The van der Waals surface area contributed by atoms with Crippen molar-refractivity contribution in [2.75, 3.05) is 70.8 Å². The number of aromatic nitrogens is 3. The number of benzene rings is 1. The van der Waals surface area contributed by atoms with E-state index in [9.17, 15) is 9.59 Å². The van der Waals surface area contributed by atoms with E-state index in [-0.39, 0.29) is 11.8 Å². The molecule has 1 fully saturated rings. The summed E-state index contributed by atoms with van der Waals surface area (Å²) in [5.41, 5.74) is 3.26. The Balaban J connectivity index is 1.29. The van der Waals surface area contributed by atoms with Crippen LogP contribution < -0.4 is 10.2 Å². The lowest BCUT2D eigenvalue weighted by atomic mass is 10.1. The molecule has 0 unspecified atom stereocenters. The number of ether oxygens (including phenoxy) is 1. The Morgan fingerprint density at radius 3 is 2.62 bits per heavy atom. The van der Waals surface area contributed by atoms with E-state index in [0.717, 1.165) is 29.3 Å². The van der Waals surface area contributed by atoms with Crippen molar-refractivity contribution in [3.8, 4) is 0 Å². The largest absolute Gasteiger partial charge is 0.378 e. The monoisotopic (exact) mass is 544 g/mol. The Hall–Kier alpha value is -4.22. The highest BCUT2D eigenvalue weighted by atomic mass is 16.5. The second-order valence-corrected chi connectivity index (χ2v) is 10.3. The first-order valence-electron chi connectivity index (χ1n) is 13.4. The molecule has 2 aromatic heterocycles. The molecule has 11 heteroatoms. The van der Waals surface area contributed by atoms with Crippen molar-refractivity contribution in [1.29, 1.82) is 0 Å². The molecule has 0 radical (unpaired) electrons. The molecule has 2 aliphatic rings. The molecule has 210 valence electrons. The zero-order chi connectivity index (χ0) is 28.1. The second-order valence-electron chi connectivity index (χ2n) is 10.3. The number of amides is 2. The van der Waals surface area contributed by atoms with Crippen LogP contribution in [0.5, 0.6) is 0 Å². The number of morpholine rings is 1. The van der Waals surface area contributed by atoms with Crippen LogP contribution in [-0.4, -0.2) is 102 Å². The number of imidazole rings is 1. The lowest BCUT2D eigenvalue weighted by Crippen LogP contribution is -2.40. The molecule has 4 heterocycles. The van der Waals surface area contributed by atoms with Crippen LogP contribution in [0.25, 0.3) is 5.70 Å². The molecular formula is C29H36N8O3. The minimum atomic E-state index is -0.0387. The summed E-state index contributed by atoms with van der Waals surface area (Å²) in [4.78, 5) is 42.3. The highest BCUT2D eigenvalue weighted by molar-refractivity contribution is 5.94. The Morgan fingerprint density at radius 1 is 1.05 bits per heavy atom. The molecule has 1 saturated heterocycles. The van der Waals surface area contributed by atoms with Gasteiger partial charge in [-0.3, -0.25) is 9.59 Å². The molecular weight excluding hydrogens is 508 g/mol. The lowest BCUT2D eigenvalue weighted by Gasteiger charge is -2.29. The molecule has 0 bridgehead atoms. The van der Waals surface area contributed by atoms with Gasteiger partial charge in [0.2, 0.25) is 5.91 Å². The molecule has 2 amide bonds. The summed E-state index contributed by atoms with van der Waals surface area (Å²) in [5, 5.41) is 3.37. The summed E-state index contributed by atoms with van der Waals surface area (Å²) in [7, 11) is 5.85. The SMILES string of the molecule is CN(C)CCN(C)C(=O)Cc1cccc(N2C=C(Nc3ccc(C(=O)N4CCOCC4)cn3)c3nccn3C2)c1. The fourth-order valence-electron chi connectivity index (χ4n) is 4.64. The van der Waals surface area contributed by atoms with Crippen LogP contribution in [0.1, 0.15) is 21.7 Å². The third kappa shape index (κ3) is 6.49. The van der Waals surface area contributed by atoms with E-state index in [1.807, 2.05) is 56.3 Å². The van der Waals surface area contributed by atoms with Gasteiger partial charge < -0.3 is 34.2 Å². The lowest BCUT2D eigenvalue weighted by molar-refractivity contribution is -0.129. The molecule has 0 spiro atoms. The number of rotatable bonds is 9. The Morgan fingerprint density at radius 2 is 1.88 bits per heavy atom. The smallest absolute Gasteiger partial charge is 0.255 e. The molecule has 1 N–H and O–H groups in total. The average Bonchev–Trinajstić information content (AvgIpc) is 3.46. The van der Waals surface area contributed by atoms with Crippen molar-refractivity contribution in [2.45, 2.75) is 13.1 Å². The van der Waals surface area contributed by atoms with E-state index >= 15 is 0 Å². The number of nitrogens with zero attached hydrogens (tertiary/aromatic N) is 7. The molecule has 40 heavy (non-hydrogen) atoms. The molecule has 0 saturated carbocycles. The van der Waals surface area contributed by atoms with Crippen LogP contribution in [0, 0.1) is 0 Å². The second kappa shape index (κ2) is 12.3. The predicted molar refractivity (Wildman–Crippen MR) is 154 cm³/mol. The van der Waals surface area contributed by atoms with Crippen LogP contribution in [0.4, 0.5) is 11.5 Å². The molecule has 0 atom stereocenters.